The third-order valence-corrected chi connectivity index (χ3v) is 5.94. The van der Waals surface area contributed by atoms with Crippen molar-refractivity contribution in [2.75, 3.05) is 6.54 Å². The van der Waals surface area contributed by atoms with E-state index in [1.165, 1.54) is 30.3 Å². The first-order valence-corrected chi connectivity index (χ1v) is 10.1. The van der Waals surface area contributed by atoms with Gasteiger partial charge in [-0.1, -0.05) is 43.2 Å². The van der Waals surface area contributed by atoms with Gasteiger partial charge in [0.25, 0.3) is 0 Å². The van der Waals surface area contributed by atoms with Crippen molar-refractivity contribution in [3.8, 4) is 0 Å². The molecule has 2 amide bonds. The van der Waals surface area contributed by atoms with Gasteiger partial charge < -0.3 is 11.1 Å². The highest BCUT2D eigenvalue weighted by Gasteiger charge is 2.44. The first kappa shape index (κ1) is 22.8. The molecule has 8 heteroatoms. The van der Waals surface area contributed by atoms with E-state index in [0.29, 0.717) is 24.0 Å². The van der Waals surface area contributed by atoms with Gasteiger partial charge in [-0.15, -0.1) is 0 Å². The Morgan fingerprint density at radius 3 is 2.29 bits per heavy atom. The molecule has 0 radical (unpaired) electrons. The number of benzene rings is 2. The van der Waals surface area contributed by atoms with E-state index < -0.39 is 40.7 Å². The van der Waals surface area contributed by atoms with E-state index in [1.54, 1.807) is 6.07 Å². The molecular formula is C23H24F4N2O2. The van der Waals surface area contributed by atoms with Crippen LogP contribution in [0.4, 0.5) is 17.6 Å². The van der Waals surface area contributed by atoms with Crippen LogP contribution in [-0.4, -0.2) is 18.4 Å². The summed E-state index contributed by atoms with van der Waals surface area (Å²) in [5.41, 5.74) is 4.62. The van der Waals surface area contributed by atoms with E-state index in [2.05, 4.69) is 5.32 Å². The van der Waals surface area contributed by atoms with E-state index >= 15 is 0 Å². The van der Waals surface area contributed by atoms with Crippen molar-refractivity contribution in [2.45, 2.75) is 43.7 Å². The molecule has 0 spiro atoms. The number of nitrogens with one attached hydrogen (secondary N) is 1. The van der Waals surface area contributed by atoms with Crippen LogP contribution in [-0.2, 0) is 27.6 Å². The van der Waals surface area contributed by atoms with E-state index in [-0.39, 0.29) is 13.0 Å². The Kier molecular flexibility index (Phi) is 6.67. The van der Waals surface area contributed by atoms with E-state index in [9.17, 15) is 27.2 Å². The highest BCUT2D eigenvalue weighted by atomic mass is 19.4. The number of amides is 2. The molecule has 2 aromatic rings. The molecule has 1 unspecified atom stereocenters. The predicted molar refractivity (Wildman–Crippen MR) is 107 cm³/mol. The first-order chi connectivity index (χ1) is 14.6. The Labute approximate surface area is 177 Å². The number of carbonyl (C=O) groups is 2. The average molecular weight is 436 g/mol. The molecule has 1 saturated carbocycles. The molecule has 3 rings (SSSR count). The number of hydrogen-bond acceptors (Lipinski definition) is 2. The Hall–Kier alpha value is -2.90. The van der Waals surface area contributed by atoms with E-state index in [4.69, 9.17) is 5.73 Å². The van der Waals surface area contributed by atoms with Gasteiger partial charge in [-0.05, 0) is 48.6 Å². The summed E-state index contributed by atoms with van der Waals surface area (Å²) >= 11 is 0. The highest BCUT2D eigenvalue weighted by molar-refractivity contribution is 5.89. The normalized spacial score (nSPS) is 16.6. The Morgan fingerprint density at radius 1 is 1.06 bits per heavy atom. The summed E-state index contributed by atoms with van der Waals surface area (Å²) in [6, 6.07) is 10.5. The summed E-state index contributed by atoms with van der Waals surface area (Å²) in [6.07, 6.45) is -1.99. The minimum Gasteiger partial charge on any atom is -0.369 e. The summed E-state index contributed by atoms with van der Waals surface area (Å²) in [5.74, 6) is -2.16. The lowest BCUT2D eigenvalue weighted by Gasteiger charge is -2.29. The molecule has 3 N–H and O–H groups in total. The van der Waals surface area contributed by atoms with Crippen LogP contribution in [0.15, 0.2) is 48.5 Å². The minimum absolute atomic E-state index is 0.0494. The molecule has 0 bridgehead atoms. The van der Waals surface area contributed by atoms with Crippen molar-refractivity contribution < 1.29 is 27.2 Å². The number of carbonyl (C=O) groups excluding carboxylic acids is 2. The van der Waals surface area contributed by atoms with Crippen LogP contribution in [0.2, 0.25) is 0 Å². The second-order valence-corrected chi connectivity index (χ2v) is 8.01. The minimum atomic E-state index is -4.50. The number of primary amides is 1. The zero-order chi connectivity index (χ0) is 22.6. The van der Waals surface area contributed by atoms with Crippen molar-refractivity contribution >= 4 is 11.8 Å². The third kappa shape index (κ3) is 5.24. The molecular weight excluding hydrogens is 412 g/mol. The summed E-state index contributed by atoms with van der Waals surface area (Å²) < 4.78 is 52.6. The zero-order valence-corrected chi connectivity index (χ0v) is 16.8. The standard InChI is InChI=1S/C23H24F4N2O2/c24-19-8-6-15(7-9-19)12-16(20(28)30)14-29-21(31)22(10-1-2-11-22)17-4-3-5-18(13-17)23(25,26)27/h3-9,13,16H,1-2,10-12,14H2,(H2,28,30)(H,29,31). The van der Waals surface area contributed by atoms with Crippen LogP contribution in [0.3, 0.4) is 0 Å². The Balaban J connectivity index is 1.77. The molecule has 1 atom stereocenters. The highest BCUT2D eigenvalue weighted by Crippen LogP contribution is 2.43. The van der Waals surface area contributed by atoms with Gasteiger partial charge in [0.2, 0.25) is 11.8 Å². The number of rotatable bonds is 7. The lowest BCUT2D eigenvalue weighted by atomic mass is 9.77. The quantitative estimate of drug-likeness (QED) is 0.641. The van der Waals surface area contributed by atoms with Gasteiger partial charge in [0.15, 0.2) is 0 Å². The van der Waals surface area contributed by atoms with Crippen LogP contribution in [0, 0.1) is 11.7 Å². The van der Waals surface area contributed by atoms with Crippen LogP contribution in [0.5, 0.6) is 0 Å². The van der Waals surface area contributed by atoms with Crippen molar-refractivity contribution in [1.82, 2.24) is 5.32 Å². The summed E-state index contributed by atoms with van der Waals surface area (Å²) in [7, 11) is 0. The fraction of sp³-hybridized carbons (Fsp3) is 0.391. The van der Waals surface area contributed by atoms with Gasteiger partial charge in [0.1, 0.15) is 5.82 Å². The van der Waals surface area contributed by atoms with Gasteiger partial charge in [-0.25, -0.2) is 4.39 Å². The van der Waals surface area contributed by atoms with Crippen molar-refractivity contribution in [3.05, 3.63) is 71.0 Å². The molecule has 166 valence electrons. The lowest BCUT2D eigenvalue weighted by molar-refractivity contribution is -0.138. The van der Waals surface area contributed by atoms with Crippen molar-refractivity contribution in [2.24, 2.45) is 11.7 Å². The van der Waals surface area contributed by atoms with Gasteiger partial charge in [0, 0.05) is 6.54 Å². The fourth-order valence-corrected chi connectivity index (χ4v) is 4.18. The van der Waals surface area contributed by atoms with Gasteiger partial charge in [-0.3, -0.25) is 9.59 Å². The maximum atomic E-state index is 13.2. The predicted octanol–water partition coefficient (Wildman–Crippen LogP) is 4.12. The Morgan fingerprint density at radius 2 is 1.71 bits per heavy atom. The number of halogens is 4. The van der Waals surface area contributed by atoms with Crippen molar-refractivity contribution in [3.63, 3.8) is 0 Å². The monoisotopic (exact) mass is 436 g/mol. The van der Waals surface area contributed by atoms with Gasteiger partial charge in [0.05, 0.1) is 16.9 Å². The molecule has 0 heterocycles. The number of hydrogen-bond donors (Lipinski definition) is 2. The van der Waals surface area contributed by atoms with Crippen LogP contribution in [0.25, 0.3) is 0 Å². The molecule has 1 aliphatic carbocycles. The van der Waals surface area contributed by atoms with Gasteiger partial charge >= 0.3 is 6.18 Å². The van der Waals surface area contributed by atoms with Crippen LogP contribution >= 0.6 is 0 Å². The maximum Gasteiger partial charge on any atom is 0.416 e. The molecule has 0 saturated heterocycles. The molecule has 2 aromatic carbocycles. The molecule has 1 aliphatic rings. The SMILES string of the molecule is NC(=O)C(CNC(=O)C1(c2cccc(C(F)(F)F)c2)CCCC1)Cc1ccc(F)cc1. The zero-order valence-electron chi connectivity index (χ0n) is 16.8. The van der Waals surface area contributed by atoms with Crippen molar-refractivity contribution in [1.29, 1.82) is 0 Å². The summed E-state index contributed by atoms with van der Waals surface area (Å²) in [5, 5.41) is 2.74. The lowest BCUT2D eigenvalue weighted by Crippen LogP contribution is -2.46. The number of alkyl halides is 3. The van der Waals surface area contributed by atoms with Crippen LogP contribution in [0.1, 0.15) is 42.4 Å². The molecule has 31 heavy (non-hydrogen) atoms. The Bertz CT molecular complexity index is 935. The summed E-state index contributed by atoms with van der Waals surface area (Å²) in [4.78, 5) is 25.0. The second-order valence-electron chi connectivity index (χ2n) is 8.01. The molecule has 1 fully saturated rings. The maximum absolute atomic E-state index is 13.2. The van der Waals surface area contributed by atoms with E-state index in [1.807, 2.05) is 0 Å². The second kappa shape index (κ2) is 9.08. The summed E-state index contributed by atoms with van der Waals surface area (Å²) in [6.45, 7) is -0.0494. The van der Waals surface area contributed by atoms with E-state index in [0.717, 1.165) is 25.0 Å². The first-order valence-electron chi connectivity index (χ1n) is 10.1. The van der Waals surface area contributed by atoms with Crippen LogP contribution < -0.4 is 11.1 Å². The fourth-order valence-electron chi connectivity index (χ4n) is 4.18. The van der Waals surface area contributed by atoms with Gasteiger partial charge in [-0.2, -0.15) is 13.2 Å². The smallest absolute Gasteiger partial charge is 0.369 e. The average Bonchev–Trinajstić information content (AvgIpc) is 3.23. The molecule has 0 aromatic heterocycles. The topological polar surface area (TPSA) is 72.2 Å². The third-order valence-electron chi connectivity index (χ3n) is 5.94. The number of nitrogens with two attached hydrogens (primary N) is 1. The molecule has 4 nitrogen and oxygen atoms in total. The molecule has 0 aliphatic heterocycles. The largest absolute Gasteiger partial charge is 0.416 e.